The van der Waals surface area contributed by atoms with Crippen LogP contribution in [0.4, 0.5) is 5.69 Å². The Morgan fingerprint density at radius 3 is 3.11 bits per heavy atom. The molecule has 0 bridgehead atoms. The molecule has 18 heavy (non-hydrogen) atoms. The SMILES string of the molecule is CC(=O)Nc1cccc(-c2nccn2CC#N)c1. The predicted octanol–water partition coefficient (Wildman–Crippen LogP) is 2.03. The summed E-state index contributed by atoms with van der Waals surface area (Å²) >= 11 is 0. The van der Waals surface area contributed by atoms with Crippen LogP contribution in [0, 0.1) is 11.3 Å². The van der Waals surface area contributed by atoms with Crippen LogP contribution in [0.3, 0.4) is 0 Å². The first-order valence-electron chi connectivity index (χ1n) is 5.47. The molecular weight excluding hydrogens is 228 g/mol. The summed E-state index contributed by atoms with van der Waals surface area (Å²) in [4.78, 5) is 15.2. The third kappa shape index (κ3) is 2.55. The molecule has 1 amide bonds. The quantitative estimate of drug-likeness (QED) is 0.892. The van der Waals surface area contributed by atoms with E-state index in [0.717, 1.165) is 5.56 Å². The topological polar surface area (TPSA) is 70.7 Å². The molecule has 0 unspecified atom stereocenters. The third-order valence-electron chi connectivity index (χ3n) is 2.40. The first kappa shape index (κ1) is 11.9. The number of rotatable bonds is 3. The molecule has 5 heteroatoms. The lowest BCUT2D eigenvalue weighted by atomic mass is 10.2. The van der Waals surface area contributed by atoms with Gasteiger partial charge in [-0.2, -0.15) is 5.26 Å². The van der Waals surface area contributed by atoms with Gasteiger partial charge in [0.2, 0.25) is 5.91 Å². The van der Waals surface area contributed by atoms with Gasteiger partial charge in [0.15, 0.2) is 0 Å². The van der Waals surface area contributed by atoms with Crippen molar-refractivity contribution in [3.8, 4) is 17.5 Å². The van der Waals surface area contributed by atoms with Crippen molar-refractivity contribution in [2.75, 3.05) is 5.32 Å². The highest BCUT2D eigenvalue weighted by atomic mass is 16.1. The summed E-state index contributed by atoms with van der Waals surface area (Å²) in [6, 6.07) is 9.45. The number of aromatic nitrogens is 2. The Morgan fingerprint density at radius 2 is 2.39 bits per heavy atom. The fraction of sp³-hybridized carbons (Fsp3) is 0.154. The zero-order valence-electron chi connectivity index (χ0n) is 9.92. The average molecular weight is 240 g/mol. The van der Waals surface area contributed by atoms with Crippen LogP contribution in [-0.2, 0) is 11.3 Å². The van der Waals surface area contributed by atoms with E-state index in [9.17, 15) is 4.79 Å². The van der Waals surface area contributed by atoms with Gasteiger partial charge < -0.3 is 9.88 Å². The van der Waals surface area contributed by atoms with Crippen LogP contribution in [0.25, 0.3) is 11.4 Å². The fourth-order valence-corrected chi connectivity index (χ4v) is 1.71. The van der Waals surface area contributed by atoms with Gasteiger partial charge in [0.1, 0.15) is 12.4 Å². The highest BCUT2D eigenvalue weighted by molar-refractivity contribution is 5.89. The van der Waals surface area contributed by atoms with E-state index in [1.807, 2.05) is 24.3 Å². The van der Waals surface area contributed by atoms with E-state index in [2.05, 4.69) is 16.4 Å². The second-order valence-corrected chi connectivity index (χ2v) is 3.80. The van der Waals surface area contributed by atoms with Crippen molar-refractivity contribution >= 4 is 11.6 Å². The molecule has 2 rings (SSSR count). The highest BCUT2D eigenvalue weighted by Crippen LogP contribution is 2.21. The highest BCUT2D eigenvalue weighted by Gasteiger charge is 2.06. The van der Waals surface area contributed by atoms with Crippen molar-refractivity contribution in [3.05, 3.63) is 36.7 Å². The van der Waals surface area contributed by atoms with Crippen LogP contribution in [0.15, 0.2) is 36.7 Å². The van der Waals surface area contributed by atoms with E-state index < -0.39 is 0 Å². The van der Waals surface area contributed by atoms with Gasteiger partial charge in [-0.25, -0.2) is 4.98 Å². The third-order valence-corrected chi connectivity index (χ3v) is 2.40. The summed E-state index contributed by atoms with van der Waals surface area (Å²) in [5.74, 6) is 0.594. The molecule has 0 aliphatic carbocycles. The summed E-state index contributed by atoms with van der Waals surface area (Å²) in [6.45, 7) is 1.71. The van der Waals surface area contributed by atoms with Crippen molar-refractivity contribution in [1.29, 1.82) is 5.26 Å². The number of benzene rings is 1. The number of carbonyl (C=O) groups excluding carboxylic acids is 1. The number of amides is 1. The van der Waals surface area contributed by atoms with E-state index in [4.69, 9.17) is 5.26 Å². The molecular formula is C13H12N4O. The minimum atomic E-state index is -0.118. The molecule has 0 saturated carbocycles. The van der Waals surface area contributed by atoms with Gasteiger partial charge in [-0.1, -0.05) is 12.1 Å². The molecule has 0 spiro atoms. The Balaban J connectivity index is 2.36. The molecule has 1 aromatic carbocycles. The van der Waals surface area contributed by atoms with E-state index in [-0.39, 0.29) is 12.5 Å². The molecule has 1 heterocycles. The standard InChI is InChI=1S/C13H12N4O/c1-10(18)16-12-4-2-3-11(9-12)13-15-6-8-17(13)7-5-14/h2-4,6,8-9H,7H2,1H3,(H,16,18). The number of hydrogen-bond acceptors (Lipinski definition) is 3. The molecule has 1 aromatic heterocycles. The summed E-state index contributed by atoms with van der Waals surface area (Å²) in [6.07, 6.45) is 3.40. The van der Waals surface area contributed by atoms with Gasteiger partial charge >= 0.3 is 0 Å². The zero-order valence-corrected chi connectivity index (χ0v) is 9.92. The van der Waals surface area contributed by atoms with E-state index in [1.165, 1.54) is 6.92 Å². The Bertz CT molecular complexity index is 609. The van der Waals surface area contributed by atoms with Gasteiger partial charge in [0.05, 0.1) is 6.07 Å². The monoisotopic (exact) mass is 240 g/mol. The summed E-state index contributed by atoms with van der Waals surface area (Å²) in [7, 11) is 0. The number of carbonyl (C=O) groups is 1. The molecule has 0 saturated heterocycles. The first-order chi connectivity index (χ1) is 8.70. The first-order valence-corrected chi connectivity index (χ1v) is 5.47. The molecule has 0 aliphatic rings. The lowest BCUT2D eigenvalue weighted by Gasteiger charge is -2.06. The Kier molecular flexibility index (Phi) is 3.39. The minimum absolute atomic E-state index is 0.118. The van der Waals surface area contributed by atoms with Gasteiger partial charge in [-0.05, 0) is 12.1 Å². The Morgan fingerprint density at radius 1 is 1.56 bits per heavy atom. The van der Waals surface area contributed by atoms with Gasteiger partial charge in [-0.15, -0.1) is 0 Å². The number of hydrogen-bond donors (Lipinski definition) is 1. The van der Waals surface area contributed by atoms with E-state index in [1.54, 1.807) is 17.0 Å². The second kappa shape index (κ2) is 5.15. The van der Waals surface area contributed by atoms with Crippen LogP contribution < -0.4 is 5.32 Å². The summed E-state index contributed by atoms with van der Waals surface area (Å²) in [5, 5.41) is 11.4. The smallest absolute Gasteiger partial charge is 0.221 e. The number of anilines is 1. The van der Waals surface area contributed by atoms with Crippen LogP contribution in [0.2, 0.25) is 0 Å². The maximum absolute atomic E-state index is 11.0. The molecule has 0 atom stereocenters. The van der Waals surface area contributed by atoms with Crippen LogP contribution in [0.1, 0.15) is 6.92 Å². The molecule has 1 N–H and O–H groups in total. The molecule has 90 valence electrons. The molecule has 0 fully saturated rings. The molecule has 2 aromatic rings. The molecule has 5 nitrogen and oxygen atoms in total. The summed E-state index contributed by atoms with van der Waals surface area (Å²) in [5.41, 5.74) is 1.58. The average Bonchev–Trinajstić information content (AvgIpc) is 2.77. The van der Waals surface area contributed by atoms with E-state index >= 15 is 0 Å². The largest absolute Gasteiger partial charge is 0.326 e. The maximum atomic E-state index is 11.0. The van der Waals surface area contributed by atoms with Crippen molar-refractivity contribution in [2.45, 2.75) is 13.5 Å². The lowest BCUT2D eigenvalue weighted by molar-refractivity contribution is -0.114. The Hall–Kier alpha value is -2.61. The van der Waals surface area contributed by atoms with Crippen LogP contribution in [0.5, 0.6) is 0 Å². The van der Waals surface area contributed by atoms with Crippen molar-refractivity contribution in [2.24, 2.45) is 0 Å². The fourth-order valence-electron chi connectivity index (χ4n) is 1.71. The Labute approximate surface area is 105 Å². The number of nitriles is 1. The molecule has 0 radical (unpaired) electrons. The lowest BCUT2D eigenvalue weighted by Crippen LogP contribution is -2.05. The van der Waals surface area contributed by atoms with Crippen molar-refractivity contribution < 1.29 is 4.79 Å². The number of nitrogens with zero attached hydrogens (tertiary/aromatic N) is 3. The van der Waals surface area contributed by atoms with E-state index in [0.29, 0.717) is 11.5 Å². The van der Waals surface area contributed by atoms with Crippen molar-refractivity contribution in [3.63, 3.8) is 0 Å². The predicted molar refractivity (Wildman–Crippen MR) is 67.6 cm³/mol. The zero-order chi connectivity index (χ0) is 13.0. The van der Waals surface area contributed by atoms with Gasteiger partial charge in [0, 0.05) is 30.6 Å². The van der Waals surface area contributed by atoms with Gasteiger partial charge in [0.25, 0.3) is 0 Å². The summed E-state index contributed by atoms with van der Waals surface area (Å²) < 4.78 is 1.76. The molecule has 0 aliphatic heterocycles. The number of nitrogens with one attached hydrogen (secondary N) is 1. The normalized spacial score (nSPS) is 9.78. The van der Waals surface area contributed by atoms with Crippen LogP contribution >= 0.6 is 0 Å². The van der Waals surface area contributed by atoms with Gasteiger partial charge in [-0.3, -0.25) is 4.79 Å². The van der Waals surface area contributed by atoms with Crippen LogP contribution in [-0.4, -0.2) is 15.5 Å². The second-order valence-electron chi connectivity index (χ2n) is 3.80. The minimum Gasteiger partial charge on any atom is -0.326 e. The maximum Gasteiger partial charge on any atom is 0.221 e. The number of imidazole rings is 1. The van der Waals surface area contributed by atoms with Crippen molar-refractivity contribution in [1.82, 2.24) is 9.55 Å².